The van der Waals surface area contributed by atoms with E-state index < -0.39 is 9.84 Å². The second kappa shape index (κ2) is 9.17. The van der Waals surface area contributed by atoms with Gasteiger partial charge in [0.15, 0.2) is 9.84 Å². The van der Waals surface area contributed by atoms with Crippen molar-refractivity contribution in [2.45, 2.75) is 45.7 Å². The van der Waals surface area contributed by atoms with Gasteiger partial charge in [0.2, 0.25) is 5.91 Å². The van der Waals surface area contributed by atoms with Gasteiger partial charge in [-0.1, -0.05) is 13.8 Å². The predicted molar refractivity (Wildman–Crippen MR) is 125 cm³/mol. The van der Waals surface area contributed by atoms with Gasteiger partial charge >= 0.3 is 0 Å². The summed E-state index contributed by atoms with van der Waals surface area (Å²) in [6, 6.07) is -0.109. The van der Waals surface area contributed by atoms with Crippen LogP contribution in [0.25, 0.3) is 0 Å². The Morgan fingerprint density at radius 3 is 2.55 bits per heavy atom. The molecule has 3 saturated heterocycles. The maximum Gasteiger partial charge on any atom is 0.259 e. The van der Waals surface area contributed by atoms with Gasteiger partial charge in [0.1, 0.15) is 17.7 Å². The molecule has 182 valence electrons. The lowest BCUT2D eigenvalue weighted by atomic mass is 9.91. The van der Waals surface area contributed by atoms with Crippen molar-refractivity contribution in [3.8, 4) is 0 Å². The number of hydrogen-bond donors (Lipinski definition) is 1. The fraction of sp³-hybridized carbons (Fsp3) is 0.727. The van der Waals surface area contributed by atoms with Gasteiger partial charge < -0.3 is 15.1 Å². The van der Waals surface area contributed by atoms with Crippen LogP contribution in [0.5, 0.6) is 0 Å². The van der Waals surface area contributed by atoms with Crippen molar-refractivity contribution in [3.63, 3.8) is 0 Å². The van der Waals surface area contributed by atoms with E-state index in [1.165, 1.54) is 6.33 Å². The second-order valence-corrected chi connectivity index (χ2v) is 12.6. The van der Waals surface area contributed by atoms with Gasteiger partial charge in [-0.3, -0.25) is 14.5 Å². The van der Waals surface area contributed by atoms with Gasteiger partial charge in [0.05, 0.1) is 18.1 Å². The molecule has 33 heavy (non-hydrogen) atoms. The molecule has 3 aliphatic rings. The first-order valence-corrected chi connectivity index (χ1v) is 13.4. The molecule has 0 bridgehead atoms. The Hall–Kier alpha value is -2.27. The van der Waals surface area contributed by atoms with Crippen LogP contribution in [0.3, 0.4) is 0 Å². The smallest absolute Gasteiger partial charge is 0.259 e. The quantitative estimate of drug-likeness (QED) is 0.636. The standard InChI is InChI=1S/C22H34N6O4S/c1-16-10-22(2,3)14-28(16)21(30)18-11-23-15-24-20(18)27-7-5-26(6-8-27)12-19(29)25-17-4-9-33(31,32)13-17/h11,15-17H,4-10,12-14H2,1-3H3,(H,25,29)/t16-,17?/m0/s1. The van der Waals surface area contributed by atoms with E-state index in [9.17, 15) is 18.0 Å². The number of likely N-dealkylation sites (tertiary alicyclic amines) is 1. The highest BCUT2D eigenvalue weighted by atomic mass is 32.2. The van der Waals surface area contributed by atoms with Crippen molar-refractivity contribution >= 4 is 27.5 Å². The van der Waals surface area contributed by atoms with Crippen LogP contribution < -0.4 is 10.2 Å². The number of rotatable bonds is 5. The van der Waals surface area contributed by atoms with Crippen molar-refractivity contribution in [2.24, 2.45) is 5.41 Å². The lowest BCUT2D eigenvalue weighted by molar-refractivity contribution is -0.122. The number of nitrogens with zero attached hydrogens (tertiary/aromatic N) is 5. The molecule has 4 heterocycles. The van der Waals surface area contributed by atoms with E-state index in [1.807, 2.05) is 9.80 Å². The molecule has 0 spiro atoms. The Balaban J connectivity index is 1.34. The first-order chi connectivity index (χ1) is 15.5. The number of carbonyl (C=O) groups is 2. The number of sulfone groups is 1. The first kappa shape index (κ1) is 23.9. The molecule has 0 aromatic carbocycles. The van der Waals surface area contributed by atoms with Crippen LogP contribution in [-0.4, -0.2) is 103 Å². The van der Waals surface area contributed by atoms with Crippen LogP contribution in [-0.2, 0) is 14.6 Å². The van der Waals surface area contributed by atoms with E-state index >= 15 is 0 Å². The summed E-state index contributed by atoms with van der Waals surface area (Å²) in [6.45, 7) is 9.99. The lowest BCUT2D eigenvalue weighted by Gasteiger charge is -2.36. The maximum atomic E-state index is 13.3. The normalized spacial score (nSPS) is 27.0. The summed E-state index contributed by atoms with van der Waals surface area (Å²) in [5, 5.41) is 2.85. The molecule has 11 heteroatoms. The number of aromatic nitrogens is 2. The van der Waals surface area contributed by atoms with Crippen LogP contribution in [0.15, 0.2) is 12.5 Å². The summed E-state index contributed by atoms with van der Waals surface area (Å²) in [5.41, 5.74) is 0.621. The van der Waals surface area contributed by atoms with Gasteiger partial charge in [-0.15, -0.1) is 0 Å². The Morgan fingerprint density at radius 2 is 1.94 bits per heavy atom. The maximum absolute atomic E-state index is 13.3. The monoisotopic (exact) mass is 478 g/mol. The number of nitrogens with one attached hydrogen (secondary N) is 1. The molecule has 3 fully saturated rings. The number of hydrogen-bond acceptors (Lipinski definition) is 8. The average Bonchev–Trinajstić information content (AvgIpc) is 3.24. The van der Waals surface area contributed by atoms with E-state index in [0.717, 1.165) is 6.42 Å². The van der Waals surface area contributed by atoms with Crippen molar-refractivity contribution in [3.05, 3.63) is 18.1 Å². The predicted octanol–water partition coefficient (Wildman–Crippen LogP) is 0.163. The molecule has 1 aromatic heterocycles. The highest BCUT2D eigenvalue weighted by molar-refractivity contribution is 7.91. The van der Waals surface area contributed by atoms with Crippen LogP contribution in [0.4, 0.5) is 5.82 Å². The van der Waals surface area contributed by atoms with Crippen molar-refractivity contribution in [1.82, 2.24) is 25.1 Å². The number of amides is 2. The zero-order chi connectivity index (χ0) is 23.8. The molecule has 1 N–H and O–H groups in total. The summed E-state index contributed by atoms with van der Waals surface area (Å²) < 4.78 is 23.2. The topological polar surface area (TPSA) is 116 Å². The highest BCUT2D eigenvalue weighted by Gasteiger charge is 2.39. The minimum Gasteiger partial charge on any atom is -0.353 e. The number of carbonyl (C=O) groups excluding carboxylic acids is 2. The molecule has 2 amide bonds. The summed E-state index contributed by atoms with van der Waals surface area (Å²) in [5.74, 6) is 0.645. The van der Waals surface area contributed by atoms with Gasteiger partial charge in [0, 0.05) is 51.0 Å². The fourth-order valence-corrected chi connectivity index (χ4v) is 6.92. The Labute approximate surface area is 195 Å². The van der Waals surface area contributed by atoms with Gasteiger partial charge in [0.25, 0.3) is 5.91 Å². The Morgan fingerprint density at radius 1 is 1.21 bits per heavy atom. The largest absolute Gasteiger partial charge is 0.353 e. The minimum absolute atomic E-state index is 0.0306. The minimum atomic E-state index is -3.02. The van der Waals surface area contributed by atoms with E-state index in [2.05, 4.69) is 41.0 Å². The van der Waals surface area contributed by atoms with Gasteiger partial charge in [-0.2, -0.15) is 0 Å². The zero-order valence-electron chi connectivity index (χ0n) is 19.7. The zero-order valence-corrected chi connectivity index (χ0v) is 20.5. The van der Waals surface area contributed by atoms with E-state index in [4.69, 9.17) is 0 Å². The Bertz CT molecular complexity index is 1010. The third-order valence-corrected chi connectivity index (χ3v) is 8.57. The molecule has 4 rings (SSSR count). The molecule has 0 radical (unpaired) electrons. The molecular weight excluding hydrogens is 444 g/mol. The van der Waals surface area contributed by atoms with E-state index in [-0.39, 0.29) is 47.4 Å². The molecule has 2 atom stereocenters. The molecule has 1 aromatic rings. The van der Waals surface area contributed by atoms with Gasteiger partial charge in [-0.05, 0) is 25.2 Å². The lowest BCUT2D eigenvalue weighted by Crippen LogP contribution is -2.51. The SMILES string of the molecule is C[C@H]1CC(C)(C)CN1C(=O)c1cncnc1N1CCN(CC(=O)NC2CCS(=O)(=O)C2)CC1. The fourth-order valence-electron chi connectivity index (χ4n) is 5.25. The van der Waals surface area contributed by atoms with Crippen molar-refractivity contribution in [1.29, 1.82) is 0 Å². The summed E-state index contributed by atoms with van der Waals surface area (Å²) in [7, 11) is -3.02. The molecule has 10 nitrogen and oxygen atoms in total. The second-order valence-electron chi connectivity index (χ2n) is 10.3. The summed E-state index contributed by atoms with van der Waals surface area (Å²) in [6.07, 6.45) is 4.53. The average molecular weight is 479 g/mol. The van der Waals surface area contributed by atoms with Crippen LogP contribution in [0.1, 0.15) is 44.0 Å². The van der Waals surface area contributed by atoms with E-state index in [0.29, 0.717) is 50.5 Å². The molecule has 0 aliphatic carbocycles. The highest BCUT2D eigenvalue weighted by Crippen LogP contribution is 2.35. The van der Waals surface area contributed by atoms with Gasteiger partial charge in [-0.25, -0.2) is 18.4 Å². The summed E-state index contributed by atoms with van der Waals surface area (Å²) in [4.78, 5) is 40.3. The van der Waals surface area contributed by atoms with Crippen molar-refractivity contribution < 1.29 is 18.0 Å². The molecule has 1 unspecified atom stereocenters. The number of anilines is 1. The first-order valence-electron chi connectivity index (χ1n) is 11.6. The third kappa shape index (κ3) is 5.63. The third-order valence-electron chi connectivity index (χ3n) is 6.80. The van der Waals surface area contributed by atoms with Crippen LogP contribution in [0.2, 0.25) is 0 Å². The molecular formula is C22H34N6O4S. The van der Waals surface area contributed by atoms with E-state index in [1.54, 1.807) is 6.20 Å². The molecule has 0 saturated carbocycles. The van der Waals surface area contributed by atoms with Crippen molar-refractivity contribution in [2.75, 3.05) is 55.7 Å². The summed E-state index contributed by atoms with van der Waals surface area (Å²) >= 11 is 0. The molecule has 3 aliphatic heterocycles. The van der Waals surface area contributed by atoms with Crippen LogP contribution >= 0.6 is 0 Å². The van der Waals surface area contributed by atoms with Crippen LogP contribution in [0, 0.1) is 5.41 Å². The Kier molecular flexibility index (Phi) is 6.63. The number of piperazine rings is 1.